The molecule has 2 aromatic heterocycles. The van der Waals surface area contributed by atoms with Gasteiger partial charge in [0.2, 0.25) is 0 Å². The second kappa shape index (κ2) is 43.9. The fourth-order valence-electron chi connectivity index (χ4n) is 6.81. The number of nitrogens with one attached hydrogen (secondary N) is 4. The van der Waals surface area contributed by atoms with Gasteiger partial charge in [0.05, 0.1) is 52.8 Å². The quantitative estimate of drug-likeness (QED) is 0.00809. The van der Waals surface area contributed by atoms with Crippen molar-refractivity contribution >= 4 is 127 Å². The molecule has 0 saturated heterocycles. The molecule has 0 aliphatic carbocycles. The topological polar surface area (TPSA) is 303 Å². The molecular weight excluding hydrogens is 1480 g/mol. The molecule has 464 valence electrons. The number of aromatic amines is 4. The van der Waals surface area contributed by atoms with E-state index in [9.17, 15) is 33.6 Å². The Balaban J connectivity index is 0.000000354. The standard InChI is InChI=1S/C15H12N2O2.C10H14N2O2.C8H5BrN2O2.C7H6BrNO2.C7H7Cl.C7H7I.C7H7.C4H9NO2.ClH.Zn/c18-14-12-9-11(8-10-4-2-1-3-5-10)6-7-13(12)16-15(19)17-14;1-3-14-10(13)12(11)9-6-4-8(2)5-7-9;9-4-1-2-6-5(3-4)7(12)11-8(13)10-6;8-4-1-2-6(9)5(3-4)7(10)11;8-6-7-4-2-1-3-5-7;1-6-2-4-7(8)5-3-6;1-7-5-3-2-4-6-7;1-2-7-4(6)3-5;;/h1-7,9H,8H2,(H2,16,17,18,19);4-7H,3,11H2,1-2H3;1-3H,(H2,10,11,12,13);1-3H,9H2,(H,10,11);1-5H,6H2;2-5H,1H3;2-6H,1H2;2-3,5H2,1H3;1H;/q;;;;;;-1;;;+2/p-1. The van der Waals surface area contributed by atoms with Crippen LogP contribution in [-0.4, -0.2) is 62.8 Å². The number of H-pyrrole nitrogens is 4. The van der Waals surface area contributed by atoms with Crippen LogP contribution < -0.4 is 44.8 Å². The van der Waals surface area contributed by atoms with Crippen LogP contribution in [0.15, 0.2) is 222 Å². The molecule has 0 aliphatic heterocycles. The van der Waals surface area contributed by atoms with E-state index in [1.54, 1.807) is 62.4 Å². The number of nitrogens with zero attached hydrogens (tertiary/aromatic N) is 1. The SMILES string of the molecule is CCOC(=O)CN.CCOC(=O)N(N)c1ccc(C)cc1.Cc1ccc(I)cc1.ClCc1ccccc1.Nc1ccc(Br)cc1C(=O)O.O=c1[nH]c(=O)c2cc(Br)ccc2[nH]1.O=c1[nH]c(=O)c2cc(Cc3ccccc3)ccc2[nH]1.[CH2-]c1ccccc1.[Cl][Zn+]. The number of aryl methyl sites for hydroxylation is 2. The summed E-state index contributed by atoms with van der Waals surface area (Å²) in [6.45, 7) is 12.0. The van der Waals surface area contributed by atoms with Crippen LogP contribution in [-0.2, 0) is 43.9 Å². The Morgan fingerprint density at radius 2 is 1.06 bits per heavy atom. The third kappa shape index (κ3) is 31.4. The van der Waals surface area contributed by atoms with E-state index in [0.717, 1.165) is 49.9 Å². The molecule has 1 amide bonds. The maximum atomic E-state index is 11.7. The molecule has 2 heterocycles. The number of fused-ring (bicyclic) bond motifs is 2. The molecule has 11 N–H and O–H groups in total. The van der Waals surface area contributed by atoms with E-state index in [2.05, 4.69) is 117 Å². The summed E-state index contributed by atoms with van der Waals surface area (Å²) in [6.07, 6.45) is 0.214. The number of halogens is 5. The van der Waals surface area contributed by atoms with Gasteiger partial charge in [-0.05, 0) is 146 Å². The van der Waals surface area contributed by atoms with Crippen LogP contribution in [0.3, 0.4) is 0 Å². The van der Waals surface area contributed by atoms with Crippen molar-refractivity contribution in [1.82, 2.24) is 19.9 Å². The second-order valence-electron chi connectivity index (χ2n) is 17.9. The number of carbonyl (C=O) groups is 3. The van der Waals surface area contributed by atoms with E-state index >= 15 is 0 Å². The van der Waals surface area contributed by atoms with Crippen molar-refractivity contribution in [3.63, 3.8) is 0 Å². The number of aromatic carboxylic acids is 1. The van der Waals surface area contributed by atoms with Crippen molar-refractivity contribution in [3.05, 3.63) is 294 Å². The average molecular weight is 1540 g/mol. The molecular formula is C65H67Br2Cl2IN8O10Zn. The number of amides is 1. The molecule has 10 aromatic rings. The van der Waals surface area contributed by atoms with Gasteiger partial charge in [0.15, 0.2) is 0 Å². The van der Waals surface area contributed by atoms with Crippen LogP contribution in [0.25, 0.3) is 21.8 Å². The summed E-state index contributed by atoms with van der Waals surface area (Å²) in [5.74, 6) is 4.79. The first-order valence-electron chi connectivity index (χ1n) is 26.7. The molecule has 0 unspecified atom stereocenters. The normalized spacial score (nSPS) is 9.58. The molecule has 0 fully saturated rings. The summed E-state index contributed by atoms with van der Waals surface area (Å²) in [5.41, 5.74) is 17.6. The molecule has 89 heavy (non-hydrogen) atoms. The van der Waals surface area contributed by atoms with Gasteiger partial charge in [0.1, 0.15) is 0 Å². The maximum absolute atomic E-state index is 11.7. The number of aromatic nitrogens is 4. The Morgan fingerprint density at radius 1 is 0.607 bits per heavy atom. The van der Waals surface area contributed by atoms with Gasteiger partial charge in [-0.2, -0.15) is 24.6 Å². The Labute approximate surface area is 564 Å². The van der Waals surface area contributed by atoms with Gasteiger partial charge >= 0.3 is 56.4 Å². The summed E-state index contributed by atoms with van der Waals surface area (Å²) in [7, 11) is 4.76. The summed E-state index contributed by atoms with van der Waals surface area (Å²) < 4.78 is 12.0. The number of carbonyl (C=O) groups excluding carboxylic acids is 2. The molecule has 10 rings (SSSR count). The van der Waals surface area contributed by atoms with E-state index < -0.39 is 23.4 Å². The summed E-state index contributed by atoms with van der Waals surface area (Å²) in [4.78, 5) is 86.3. The van der Waals surface area contributed by atoms with E-state index in [1.807, 2.05) is 122 Å². The Morgan fingerprint density at radius 3 is 1.47 bits per heavy atom. The van der Waals surface area contributed by atoms with Crippen LogP contribution in [0.2, 0.25) is 0 Å². The molecule has 0 spiro atoms. The van der Waals surface area contributed by atoms with Gasteiger partial charge in [-0.3, -0.25) is 24.4 Å². The first-order valence-corrected chi connectivity index (χ1v) is 33.8. The van der Waals surface area contributed by atoms with Gasteiger partial charge < -0.3 is 36.0 Å². The van der Waals surface area contributed by atoms with E-state index in [4.69, 9.17) is 48.4 Å². The summed E-state index contributed by atoms with van der Waals surface area (Å²) in [5, 5.41) is 10.6. The molecule has 0 atom stereocenters. The number of rotatable bonds is 8. The fourth-order valence-corrected chi connectivity index (χ4v) is 8.07. The molecule has 0 aliphatic rings. The van der Waals surface area contributed by atoms with Crippen molar-refractivity contribution in [3.8, 4) is 0 Å². The van der Waals surface area contributed by atoms with Gasteiger partial charge in [-0.1, -0.05) is 140 Å². The monoisotopic (exact) mass is 1540 g/mol. The number of anilines is 2. The zero-order valence-electron chi connectivity index (χ0n) is 49.1. The van der Waals surface area contributed by atoms with Gasteiger partial charge in [0.25, 0.3) is 11.1 Å². The number of alkyl halides is 1. The zero-order chi connectivity index (χ0) is 66.3. The second-order valence-corrected chi connectivity index (χ2v) is 21.2. The third-order valence-electron chi connectivity index (χ3n) is 11.1. The number of nitrogen functional groups attached to an aromatic ring is 1. The van der Waals surface area contributed by atoms with Crippen LogP contribution in [0.1, 0.15) is 57.6 Å². The van der Waals surface area contributed by atoms with E-state index in [-0.39, 0.29) is 34.9 Å². The first kappa shape index (κ1) is 77.4. The molecule has 8 aromatic carbocycles. The Kier molecular flexibility index (Phi) is 38.2. The Hall–Kier alpha value is -7.67. The number of ether oxygens (including phenoxy) is 2. The van der Waals surface area contributed by atoms with Crippen molar-refractivity contribution < 1.29 is 46.3 Å². The third-order valence-corrected chi connectivity index (χ3v) is 13.1. The van der Waals surface area contributed by atoms with Gasteiger partial charge in [0, 0.05) is 24.1 Å². The number of hydrazine groups is 1. The average Bonchev–Trinajstić information content (AvgIpc) is 1.70. The summed E-state index contributed by atoms with van der Waals surface area (Å²) >= 11 is 15.1. The summed E-state index contributed by atoms with van der Waals surface area (Å²) in [6, 6.07) is 60.9. The Bertz CT molecular complexity index is 3950. The zero-order valence-corrected chi connectivity index (χ0v) is 58.9. The van der Waals surface area contributed by atoms with Crippen molar-refractivity contribution in [2.75, 3.05) is 30.5 Å². The van der Waals surface area contributed by atoms with Crippen molar-refractivity contribution in [1.29, 1.82) is 0 Å². The van der Waals surface area contributed by atoms with Crippen LogP contribution in [0.4, 0.5) is 16.2 Å². The minimum atomic E-state index is -1.01. The number of esters is 1. The molecule has 0 bridgehead atoms. The van der Waals surface area contributed by atoms with E-state index in [1.165, 1.54) is 26.3 Å². The van der Waals surface area contributed by atoms with Gasteiger partial charge in [-0.15, -0.1) is 23.7 Å². The first-order chi connectivity index (χ1) is 42.6. The predicted molar refractivity (Wildman–Crippen MR) is 370 cm³/mol. The number of benzene rings is 8. The van der Waals surface area contributed by atoms with Crippen molar-refractivity contribution in [2.24, 2.45) is 11.6 Å². The number of hydrogen-bond donors (Lipinski definition) is 8. The number of carboxylic acids is 1. The molecule has 0 radical (unpaired) electrons. The minimum absolute atomic E-state index is 0.0200. The van der Waals surface area contributed by atoms with Crippen molar-refractivity contribution in [2.45, 2.75) is 40.0 Å². The van der Waals surface area contributed by atoms with Crippen LogP contribution in [0.5, 0.6) is 0 Å². The van der Waals surface area contributed by atoms with Crippen LogP contribution in [0, 0.1) is 24.3 Å². The van der Waals surface area contributed by atoms with Gasteiger partial charge in [-0.25, -0.2) is 30.0 Å². The molecule has 24 heteroatoms. The van der Waals surface area contributed by atoms with Crippen LogP contribution >= 0.6 is 75.7 Å². The predicted octanol–water partition coefficient (Wildman–Crippen LogP) is 13.4. The number of hydrogen-bond acceptors (Lipinski definition) is 12. The molecule has 18 nitrogen and oxygen atoms in total. The molecule has 0 saturated carbocycles. The number of nitrogens with two attached hydrogens (primary N) is 3. The fraction of sp³-hybridized carbons (Fsp3) is 0.138. The van der Waals surface area contributed by atoms with E-state index in [0.29, 0.717) is 51.1 Å². The number of carboxylic acid groups (broad SMARTS) is 1.